The van der Waals surface area contributed by atoms with E-state index in [4.69, 9.17) is 0 Å². The number of fused-ring (bicyclic) bond motifs is 2. The molecule has 6 aromatic rings. The molecule has 0 spiro atoms. The van der Waals surface area contributed by atoms with E-state index in [9.17, 15) is 5.11 Å². The first kappa shape index (κ1) is 35.2. The Morgan fingerprint density at radius 1 is 0.686 bits per heavy atom. The fourth-order valence-corrected chi connectivity index (χ4v) is 7.82. The van der Waals surface area contributed by atoms with Gasteiger partial charge in [0, 0.05) is 74.9 Å². The average Bonchev–Trinajstić information content (AvgIpc) is 3.92. The Balaban J connectivity index is 0.000000160. The molecule has 0 amide bonds. The molecule has 0 aliphatic heterocycles. The van der Waals surface area contributed by atoms with E-state index in [2.05, 4.69) is 114 Å². The van der Waals surface area contributed by atoms with Crippen LogP contribution in [0.3, 0.4) is 0 Å². The number of hydrogen-bond acceptors (Lipinski definition) is 9. The topological polar surface area (TPSA) is 129 Å². The normalized spacial score (nSPS) is 17.6. The van der Waals surface area contributed by atoms with Gasteiger partial charge in [-0.15, -0.1) is 0 Å². The summed E-state index contributed by atoms with van der Waals surface area (Å²) in [5, 5.41) is 24.0. The average molecular weight is 817 g/mol. The summed E-state index contributed by atoms with van der Waals surface area (Å²) in [6, 6.07) is 13.2. The number of imidazole rings is 2. The van der Waals surface area contributed by atoms with Crippen molar-refractivity contribution in [2.45, 2.75) is 76.5 Å². The Hall–Kier alpha value is -4.20. The van der Waals surface area contributed by atoms with Crippen LogP contribution in [0.25, 0.3) is 11.3 Å². The van der Waals surface area contributed by atoms with Crippen LogP contribution in [0.4, 0.5) is 22.7 Å². The molecule has 2 aliphatic carbocycles. The summed E-state index contributed by atoms with van der Waals surface area (Å²) in [4.78, 5) is 17.4. The second-order valence-electron chi connectivity index (χ2n) is 13.4. The third kappa shape index (κ3) is 8.82. The SMILES string of the molecule is Brc1cnc2c(NCc3cccnc3)cc(NC3CCCC3)cn12.OC[C@H]1CCCC[C@@H]1Nc1cc(NCc2cccnc2)c2ncc(Br)n2c1. The molecular weight excluding hydrogens is 772 g/mol. The first-order chi connectivity index (χ1) is 25.0. The zero-order chi connectivity index (χ0) is 35.0. The second kappa shape index (κ2) is 16.9. The maximum atomic E-state index is 9.71. The first-order valence-corrected chi connectivity index (χ1v) is 19.4. The Morgan fingerprint density at radius 2 is 1.22 bits per heavy atom. The smallest absolute Gasteiger partial charge is 0.161 e. The summed E-state index contributed by atoms with van der Waals surface area (Å²) >= 11 is 7.16. The van der Waals surface area contributed by atoms with Crippen molar-refractivity contribution in [3.63, 3.8) is 0 Å². The minimum absolute atomic E-state index is 0.237. The predicted octanol–water partition coefficient (Wildman–Crippen LogP) is 8.53. The highest BCUT2D eigenvalue weighted by Crippen LogP contribution is 2.31. The number of hydrogen-bond donors (Lipinski definition) is 5. The number of anilines is 4. The van der Waals surface area contributed by atoms with E-state index in [-0.39, 0.29) is 6.61 Å². The van der Waals surface area contributed by atoms with E-state index in [1.165, 1.54) is 38.5 Å². The van der Waals surface area contributed by atoms with E-state index in [1.807, 2.05) is 41.3 Å². The number of pyridine rings is 4. The molecule has 0 unspecified atom stereocenters. The van der Waals surface area contributed by atoms with Gasteiger partial charge in [-0.1, -0.05) is 37.8 Å². The summed E-state index contributed by atoms with van der Waals surface area (Å²) < 4.78 is 5.97. The fraction of sp³-hybridized carbons (Fsp3) is 0.368. The summed E-state index contributed by atoms with van der Waals surface area (Å²) in [5.74, 6) is 0.312. The van der Waals surface area contributed by atoms with Crippen molar-refractivity contribution in [3.8, 4) is 0 Å². The van der Waals surface area contributed by atoms with E-state index >= 15 is 0 Å². The molecular formula is C38H44Br2N10O. The molecule has 0 bridgehead atoms. The van der Waals surface area contributed by atoms with Crippen molar-refractivity contribution in [3.05, 3.63) is 106 Å². The molecule has 51 heavy (non-hydrogen) atoms. The van der Waals surface area contributed by atoms with Crippen LogP contribution < -0.4 is 21.3 Å². The summed E-state index contributed by atoms with van der Waals surface area (Å²) in [5.41, 5.74) is 8.20. The maximum Gasteiger partial charge on any atom is 0.161 e. The highest BCUT2D eigenvalue weighted by molar-refractivity contribution is 9.10. The van der Waals surface area contributed by atoms with Crippen LogP contribution >= 0.6 is 31.9 Å². The molecule has 266 valence electrons. The summed E-state index contributed by atoms with van der Waals surface area (Å²) in [6.07, 6.45) is 24.9. The number of halogens is 2. The van der Waals surface area contributed by atoms with Crippen LogP contribution in [0.2, 0.25) is 0 Å². The molecule has 6 aromatic heterocycles. The second-order valence-corrected chi connectivity index (χ2v) is 15.0. The van der Waals surface area contributed by atoms with Crippen molar-refractivity contribution in [1.29, 1.82) is 0 Å². The molecule has 5 N–H and O–H groups in total. The van der Waals surface area contributed by atoms with E-state index < -0.39 is 0 Å². The van der Waals surface area contributed by atoms with Crippen molar-refractivity contribution < 1.29 is 5.11 Å². The number of aliphatic hydroxyl groups excluding tert-OH is 1. The van der Waals surface area contributed by atoms with E-state index in [0.29, 0.717) is 24.5 Å². The van der Waals surface area contributed by atoms with E-state index in [0.717, 1.165) is 73.8 Å². The Kier molecular flexibility index (Phi) is 11.7. The summed E-state index contributed by atoms with van der Waals surface area (Å²) in [6.45, 7) is 1.64. The first-order valence-electron chi connectivity index (χ1n) is 17.8. The van der Waals surface area contributed by atoms with Crippen LogP contribution in [0.1, 0.15) is 62.5 Å². The van der Waals surface area contributed by atoms with Gasteiger partial charge in [-0.05, 0) is 92.9 Å². The minimum Gasteiger partial charge on any atom is -0.396 e. The largest absolute Gasteiger partial charge is 0.396 e. The Morgan fingerprint density at radius 3 is 1.75 bits per heavy atom. The number of aromatic nitrogens is 6. The lowest BCUT2D eigenvalue weighted by Gasteiger charge is -2.31. The van der Waals surface area contributed by atoms with Gasteiger partial charge in [0.1, 0.15) is 9.21 Å². The highest BCUT2D eigenvalue weighted by Gasteiger charge is 2.25. The standard InChI is InChI=1S/C20H24BrN5O.C18H20BrN5/c21-19-11-24-20-18(23-10-14-4-3-7-22-9-14)8-16(12-26(19)20)25-17-6-2-1-5-15(17)13-27;19-17-11-22-18-16(21-10-13-4-3-7-20-9-13)8-15(12-24(17)18)23-14-5-1-2-6-14/h3-4,7-9,11-12,15,17,23,25,27H,1-2,5-6,10,13H2;3-4,7-9,11-12,14,21,23H,1-2,5-6,10H2/t15-,17+;/m1./s1. The molecule has 11 nitrogen and oxygen atoms in total. The predicted molar refractivity (Wildman–Crippen MR) is 211 cm³/mol. The van der Waals surface area contributed by atoms with Gasteiger partial charge in [0.05, 0.1) is 35.1 Å². The van der Waals surface area contributed by atoms with Crippen molar-refractivity contribution in [2.24, 2.45) is 5.92 Å². The third-order valence-corrected chi connectivity index (χ3v) is 10.9. The lowest BCUT2D eigenvalue weighted by Crippen LogP contribution is -2.34. The zero-order valence-electron chi connectivity index (χ0n) is 28.5. The third-order valence-electron chi connectivity index (χ3n) is 9.75. The van der Waals surface area contributed by atoms with Crippen molar-refractivity contribution in [1.82, 2.24) is 28.7 Å². The minimum atomic E-state index is 0.237. The van der Waals surface area contributed by atoms with Crippen LogP contribution in [0.5, 0.6) is 0 Å². The van der Waals surface area contributed by atoms with Gasteiger partial charge >= 0.3 is 0 Å². The summed E-state index contributed by atoms with van der Waals surface area (Å²) in [7, 11) is 0. The molecule has 2 aliphatic rings. The molecule has 0 saturated heterocycles. The molecule has 2 atom stereocenters. The molecule has 2 saturated carbocycles. The van der Waals surface area contributed by atoms with Crippen LogP contribution in [-0.4, -0.2) is 52.5 Å². The van der Waals surface area contributed by atoms with Gasteiger partial charge in [0.25, 0.3) is 0 Å². The van der Waals surface area contributed by atoms with E-state index in [1.54, 1.807) is 12.4 Å². The van der Waals surface area contributed by atoms with Gasteiger partial charge < -0.3 is 26.4 Å². The number of nitrogens with zero attached hydrogens (tertiary/aromatic N) is 6. The zero-order valence-corrected chi connectivity index (χ0v) is 31.7. The van der Waals surface area contributed by atoms with Gasteiger partial charge in [-0.25, -0.2) is 9.97 Å². The molecule has 0 radical (unpaired) electrons. The molecule has 8 rings (SSSR count). The molecule has 6 heterocycles. The van der Waals surface area contributed by atoms with Crippen LogP contribution in [0.15, 0.2) is 95.2 Å². The van der Waals surface area contributed by atoms with Gasteiger partial charge in [0.15, 0.2) is 11.3 Å². The van der Waals surface area contributed by atoms with Gasteiger partial charge in [0.2, 0.25) is 0 Å². The van der Waals surface area contributed by atoms with Crippen molar-refractivity contribution in [2.75, 3.05) is 27.9 Å². The van der Waals surface area contributed by atoms with Crippen molar-refractivity contribution >= 4 is 65.9 Å². The lowest BCUT2D eigenvalue weighted by molar-refractivity contribution is 0.178. The maximum absolute atomic E-state index is 9.71. The van der Waals surface area contributed by atoms with Crippen LogP contribution in [-0.2, 0) is 13.1 Å². The molecule has 13 heteroatoms. The van der Waals surface area contributed by atoms with Gasteiger partial charge in [-0.2, -0.15) is 0 Å². The molecule has 2 fully saturated rings. The Bertz CT molecular complexity index is 2010. The number of nitrogens with one attached hydrogen (secondary N) is 4. The monoisotopic (exact) mass is 814 g/mol. The van der Waals surface area contributed by atoms with Crippen LogP contribution in [0, 0.1) is 5.92 Å². The number of aliphatic hydroxyl groups is 1. The number of rotatable bonds is 11. The fourth-order valence-electron chi connectivity index (χ4n) is 7.07. The molecule has 0 aromatic carbocycles. The lowest BCUT2D eigenvalue weighted by atomic mass is 9.85. The quantitative estimate of drug-likeness (QED) is 0.0875. The van der Waals surface area contributed by atoms with Gasteiger partial charge in [-0.3, -0.25) is 18.8 Å². The highest BCUT2D eigenvalue weighted by atomic mass is 79.9. The Labute approximate surface area is 315 Å².